The number of benzene rings is 1. The molecule has 0 saturated heterocycles. The van der Waals surface area contributed by atoms with Gasteiger partial charge in [0.1, 0.15) is 11.4 Å². The first-order valence-electron chi connectivity index (χ1n) is 11.6. The number of carbonyl (C=O) groups is 1. The molecule has 1 aromatic rings. The zero-order valence-electron chi connectivity index (χ0n) is 19.1. The minimum Gasteiger partial charge on any atom is -0.497 e. The summed E-state index contributed by atoms with van der Waals surface area (Å²) in [7, 11) is 5.88. The van der Waals surface area contributed by atoms with Crippen LogP contribution in [0.5, 0.6) is 5.75 Å². The van der Waals surface area contributed by atoms with Crippen molar-refractivity contribution >= 4 is 5.97 Å². The van der Waals surface area contributed by atoms with E-state index in [9.17, 15) is 4.79 Å². The average molecular weight is 417 g/mol. The number of ether oxygens (including phenoxy) is 2. The summed E-state index contributed by atoms with van der Waals surface area (Å²) in [6.07, 6.45) is 10.2. The molecule has 2 N–H and O–H groups in total. The topological polar surface area (TPSA) is 64.8 Å². The van der Waals surface area contributed by atoms with Crippen molar-refractivity contribution in [2.24, 2.45) is 17.1 Å². The van der Waals surface area contributed by atoms with E-state index in [0.717, 1.165) is 62.8 Å². The van der Waals surface area contributed by atoms with E-state index in [-0.39, 0.29) is 17.3 Å². The fourth-order valence-corrected chi connectivity index (χ4v) is 5.66. The van der Waals surface area contributed by atoms with Crippen molar-refractivity contribution in [2.45, 2.75) is 69.8 Å². The molecular formula is C25H40N2O3. The third-order valence-electron chi connectivity index (χ3n) is 7.32. The molecule has 168 valence electrons. The monoisotopic (exact) mass is 416 g/mol. The van der Waals surface area contributed by atoms with Crippen LogP contribution in [0.1, 0.15) is 69.8 Å². The molecule has 1 aromatic carbocycles. The molecule has 2 saturated carbocycles. The van der Waals surface area contributed by atoms with E-state index < -0.39 is 5.60 Å². The average Bonchev–Trinajstić information content (AvgIpc) is 2.75. The van der Waals surface area contributed by atoms with E-state index in [2.05, 4.69) is 31.1 Å². The van der Waals surface area contributed by atoms with E-state index in [0.29, 0.717) is 13.0 Å². The molecule has 5 nitrogen and oxygen atoms in total. The van der Waals surface area contributed by atoms with Gasteiger partial charge in [0.25, 0.3) is 0 Å². The molecule has 0 bridgehead atoms. The first-order valence-corrected chi connectivity index (χ1v) is 11.6. The highest BCUT2D eigenvalue weighted by Crippen LogP contribution is 2.47. The molecule has 3 rings (SSSR count). The van der Waals surface area contributed by atoms with Crippen LogP contribution in [0.2, 0.25) is 0 Å². The highest BCUT2D eigenvalue weighted by atomic mass is 16.6. The van der Waals surface area contributed by atoms with Crippen LogP contribution < -0.4 is 10.5 Å². The van der Waals surface area contributed by atoms with Crippen molar-refractivity contribution in [1.29, 1.82) is 0 Å². The number of methoxy groups -OCH3 is 1. The summed E-state index contributed by atoms with van der Waals surface area (Å²) in [5, 5.41) is 0. The van der Waals surface area contributed by atoms with Gasteiger partial charge in [-0.05, 0) is 75.9 Å². The van der Waals surface area contributed by atoms with Gasteiger partial charge in [-0.15, -0.1) is 0 Å². The van der Waals surface area contributed by atoms with E-state index >= 15 is 0 Å². The summed E-state index contributed by atoms with van der Waals surface area (Å²) in [6.45, 7) is 1.46. The summed E-state index contributed by atoms with van der Waals surface area (Å²) in [5.41, 5.74) is 6.54. The van der Waals surface area contributed by atoms with Crippen LogP contribution in [-0.4, -0.2) is 45.2 Å². The van der Waals surface area contributed by atoms with Crippen LogP contribution in [0, 0.1) is 11.3 Å². The lowest BCUT2D eigenvalue weighted by Gasteiger charge is -2.46. The Morgan fingerprint density at radius 2 is 1.87 bits per heavy atom. The number of hydrogen-bond acceptors (Lipinski definition) is 5. The number of rotatable bonds is 8. The second-order valence-electron chi connectivity index (χ2n) is 9.74. The predicted molar refractivity (Wildman–Crippen MR) is 120 cm³/mol. The Bertz CT molecular complexity index is 699. The van der Waals surface area contributed by atoms with Gasteiger partial charge in [0.15, 0.2) is 0 Å². The lowest BCUT2D eigenvalue weighted by molar-refractivity contribution is -0.177. The van der Waals surface area contributed by atoms with Crippen LogP contribution in [-0.2, 0) is 15.1 Å². The molecule has 0 unspecified atom stereocenters. The van der Waals surface area contributed by atoms with Crippen LogP contribution in [0.3, 0.4) is 0 Å². The van der Waals surface area contributed by atoms with E-state index in [1.54, 1.807) is 7.11 Å². The Kier molecular flexibility index (Phi) is 7.81. The van der Waals surface area contributed by atoms with Crippen molar-refractivity contribution in [3.8, 4) is 5.75 Å². The quantitative estimate of drug-likeness (QED) is 0.633. The standard InChI is InChI=1S/C25H40N2O3/c1-27(2)18-21-10-5-8-15-25(21,20-11-9-12-22(16-20)29-3)30-23(28)17-24(19-26)13-6-4-7-14-24/h9,11-12,16,21H,4-8,10,13-15,17-19,26H2,1-3H3/t21-,25+/m0/s1. The Hall–Kier alpha value is -1.59. The highest BCUT2D eigenvalue weighted by molar-refractivity contribution is 5.71. The summed E-state index contributed by atoms with van der Waals surface area (Å²) in [4.78, 5) is 15.6. The maximum atomic E-state index is 13.4. The highest BCUT2D eigenvalue weighted by Gasteiger charge is 2.47. The number of nitrogens with zero attached hydrogens (tertiary/aromatic N) is 1. The van der Waals surface area contributed by atoms with Gasteiger partial charge in [0.05, 0.1) is 13.5 Å². The summed E-state index contributed by atoms with van der Waals surface area (Å²) >= 11 is 0. The molecule has 2 fully saturated rings. The van der Waals surface area contributed by atoms with Crippen LogP contribution in [0.25, 0.3) is 0 Å². The largest absolute Gasteiger partial charge is 0.497 e. The zero-order chi connectivity index (χ0) is 21.6. The third kappa shape index (κ3) is 5.17. The molecule has 2 atom stereocenters. The molecule has 0 radical (unpaired) electrons. The van der Waals surface area contributed by atoms with E-state index in [1.807, 2.05) is 12.1 Å². The predicted octanol–water partition coefficient (Wildman–Crippen LogP) is 4.48. The Balaban J connectivity index is 1.91. The van der Waals surface area contributed by atoms with Gasteiger partial charge in [-0.3, -0.25) is 4.79 Å². The maximum absolute atomic E-state index is 13.4. The van der Waals surface area contributed by atoms with Crippen molar-refractivity contribution in [1.82, 2.24) is 4.90 Å². The molecular weight excluding hydrogens is 376 g/mol. The fraction of sp³-hybridized carbons (Fsp3) is 0.720. The van der Waals surface area contributed by atoms with Gasteiger partial charge in [0.2, 0.25) is 0 Å². The zero-order valence-corrected chi connectivity index (χ0v) is 19.1. The molecule has 0 spiro atoms. The molecule has 30 heavy (non-hydrogen) atoms. The van der Waals surface area contributed by atoms with Gasteiger partial charge in [-0.25, -0.2) is 0 Å². The molecule has 2 aliphatic rings. The minimum atomic E-state index is -0.599. The van der Waals surface area contributed by atoms with Crippen molar-refractivity contribution in [3.63, 3.8) is 0 Å². The van der Waals surface area contributed by atoms with Crippen molar-refractivity contribution in [3.05, 3.63) is 29.8 Å². The van der Waals surface area contributed by atoms with Gasteiger partial charge in [0, 0.05) is 12.5 Å². The number of hydrogen-bond donors (Lipinski definition) is 1. The molecule has 2 aliphatic carbocycles. The second-order valence-corrected chi connectivity index (χ2v) is 9.74. The number of esters is 1. The molecule has 0 heterocycles. The Morgan fingerprint density at radius 1 is 1.13 bits per heavy atom. The molecule has 0 aliphatic heterocycles. The maximum Gasteiger partial charge on any atom is 0.307 e. The smallest absolute Gasteiger partial charge is 0.307 e. The second kappa shape index (κ2) is 10.1. The Labute approximate surface area is 182 Å². The van der Waals surface area contributed by atoms with Gasteiger partial charge in [-0.2, -0.15) is 0 Å². The third-order valence-corrected chi connectivity index (χ3v) is 7.32. The Morgan fingerprint density at radius 3 is 2.53 bits per heavy atom. The first kappa shape index (κ1) is 23.1. The molecule has 0 aromatic heterocycles. The normalized spacial score (nSPS) is 26.4. The fourth-order valence-electron chi connectivity index (χ4n) is 5.66. The summed E-state index contributed by atoms with van der Waals surface area (Å²) in [5.74, 6) is 0.983. The van der Waals surface area contributed by atoms with E-state index in [1.165, 1.54) is 12.8 Å². The van der Waals surface area contributed by atoms with Crippen molar-refractivity contribution in [2.75, 3.05) is 34.3 Å². The van der Waals surface area contributed by atoms with Gasteiger partial charge in [-0.1, -0.05) is 37.8 Å². The lowest BCUT2D eigenvalue weighted by Crippen LogP contribution is -2.47. The SMILES string of the molecule is COc1cccc([C@]2(OC(=O)CC3(CN)CCCCC3)CCCC[C@H]2CN(C)C)c1. The van der Waals surface area contributed by atoms with Crippen molar-refractivity contribution < 1.29 is 14.3 Å². The van der Waals surface area contributed by atoms with Crippen LogP contribution >= 0.6 is 0 Å². The minimum absolute atomic E-state index is 0.0867. The van der Waals surface area contributed by atoms with Crippen LogP contribution in [0.15, 0.2) is 24.3 Å². The molecule has 5 heteroatoms. The number of nitrogens with two attached hydrogens (primary N) is 1. The molecule has 0 amide bonds. The van der Waals surface area contributed by atoms with Crippen LogP contribution in [0.4, 0.5) is 0 Å². The summed E-state index contributed by atoms with van der Waals surface area (Å²) < 4.78 is 12.0. The lowest BCUT2D eigenvalue weighted by atomic mass is 9.70. The first-order chi connectivity index (χ1) is 14.4. The van der Waals surface area contributed by atoms with E-state index in [4.69, 9.17) is 15.2 Å². The number of carbonyl (C=O) groups excluding carboxylic acids is 1. The van der Waals surface area contributed by atoms with Gasteiger partial charge >= 0.3 is 5.97 Å². The summed E-state index contributed by atoms with van der Waals surface area (Å²) in [6, 6.07) is 8.12. The van der Waals surface area contributed by atoms with Gasteiger partial charge < -0.3 is 20.1 Å².